The number of fused-ring (bicyclic) bond motifs is 1. The highest BCUT2D eigenvalue weighted by Gasteiger charge is 2.37. The standard InChI is InChI=1S/C13H17NO3S/c1-8-3-4-10(17-2)11-9(8)7-13(14,12(15)16)5-6-18-11/h3-4H,5-7,14H2,1-2H3,(H,15,16). The highest BCUT2D eigenvalue weighted by atomic mass is 32.2. The van der Waals surface area contributed by atoms with Gasteiger partial charge in [0.25, 0.3) is 0 Å². The maximum atomic E-state index is 11.3. The van der Waals surface area contributed by atoms with Crippen LogP contribution in [0.4, 0.5) is 0 Å². The molecule has 1 heterocycles. The van der Waals surface area contributed by atoms with Crippen LogP contribution in [0.15, 0.2) is 17.0 Å². The Morgan fingerprint density at radius 1 is 1.56 bits per heavy atom. The van der Waals surface area contributed by atoms with Gasteiger partial charge in [-0.1, -0.05) is 6.07 Å². The van der Waals surface area contributed by atoms with Crippen LogP contribution in [0.5, 0.6) is 5.75 Å². The highest BCUT2D eigenvalue weighted by Crippen LogP contribution is 2.40. The first-order valence-corrected chi connectivity index (χ1v) is 6.78. The molecule has 1 unspecified atom stereocenters. The molecular formula is C13H17NO3S. The van der Waals surface area contributed by atoms with Crippen molar-refractivity contribution in [2.45, 2.75) is 30.2 Å². The number of aryl methyl sites for hydroxylation is 1. The number of ether oxygens (including phenoxy) is 1. The molecule has 1 aliphatic heterocycles. The van der Waals surface area contributed by atoms with Crippen molar-refractivity contribution < 1.29 is 14.6 Å². The molecule has 1 aromatic carbocycles. The molecule has 18 heavy (non-hydrogen) atoms. The van der Waals surface area contributed by atoms with Crippen molar-refractivity contribution in [2.24, 2.45) is 5.73 Å². The Bertz CT molecular complexity index is 489. The first-order chi connectivity index (χ1) is 8.48. The van der Waals surface area contributed by atoms with E-state index in [1.165, 1.54) is 0 Å². The van der Waals surface area contributed by atoms with Gasteiger partial charge in [-0.25, -0.2) is 0 Å². The van der Waals surface area contributed by atoms with Crippen LogP contribution in [0.25, 0.3) is 0 Å². The Kier molecular flexibility index (Phi) is 3.54. The van der Waals surface area contributed by atoms with Crippen molar-refractivity contribution >= 4 is 17.7 Å². The molecule has 3 N–H and O–H groups in total. The van der Waals surface area contributed by atoms with Gasteiger partial charge in [0.1, 0.15) is 11.3 Å². The molecule has 1 aliphatic rings. The predicted octanol–water partition coefficient (Wildman–Crippen LogP) is 1.82. The number of rotatable bonds is 2. The molecule has 0 saturated heterocycles. The Labute approximate surface area is 111 Å². The fraction of sp³-hybridized carbons (Fsp3) is 0.462. The van der Waals surface area contributed by atoms with Crippen LogP contribution in [-0.2, 0) is 11.2 Å². The second kappa shape index (κ2) is 4.82. The van der Waals surface area contributed by atoms with E-state index in [1.807, 2.05) is 19.1 Å². The zero-order chi connectivity index (χ0) is 13.3. The van der Waals surface area contributed by atoms with Crippen LogP contribution in [0.1, 0.15) is 17.5 Å². The summed E-state index contributed by atoms with van der Waals surface area (Å²) in [5, 5.41) is 9.30. The van der Waals surface area contributed by atoms with Gasteiger partial charge >= 0.3 is 5.97 Å². The van der Waals surface area contributed by atoms with E-state index >= 15 is 0 Å². The number of carbonyl (C=O) groups is 1. The van der Waals surface area contributed by atoms with Crippen LogP contribution in [-0.4, -0.2) is 29.5 Å². The van der Waals surface area contributed by atoms with E-state index < -0.39 is 11.5 Å². The molecule has 0 bridgehead atoms. The van der Waals surface area contributed by atoms with Gasteiger partial charge in [-0.05, 0) is 30.5 Å². The molecule has 98 valence electrons. The molecule has 4 nitrogen and oxygen atoms in total. The second-order valence-corrected chi connectivity index (χ2v) is 5.73. The average Bonchev–Trinajstić information content (AvgIpc) is 2.51. The van der Waals surface area contributed by atoms with E-state index in [1.54, 1.807) is 18.9 Å². The van der Waals surface area contributed by atoms with Gasteiger partial charge in [-0.15, -0.1) is 11.8 Å². The van der Waals surface area contributed by atoms with Crippen molar-refractivity contribution in [1.29, 1.82) is 0 Å². The quantitative estimate of drug-likeness (QED) is 0.855. The van der Waals surface area contributed by atoms with E-state index in [0.29, 0.717) is 18.6 Å². The Hall–Kier alpha value is -1.20. The third kappa shape index (κ3) is 2.20. The summed E-state index contributed by atoms with van der Waals surface area (Å²) in [5.41, 5.74) is 6.92. The van der Waals surface area contributed by atoms with E-state index in [0.717, 1.165) is 21.8 Å². The minimum absolute atomic E-state index is 0.355. The highest BCUT2D eigenvalue weighted by molar-refractivity contribution is 7.99. The van der Waals surface area contributed by atoms with E-state index in [-0.39, 0.29) is 0 Å². The van der Waals surface area contributed by atoms with Crippen molar-refractivity contribution in [3.05, 3.63) is 23.3 Å². The summed E-state index contributed by atoms with van der Waals surface area (Å²) < 4.78 is 5.34. The number of methoxy groups -OCH3 is 1. The summed E-state index contributed by atoms with van der Waals surface area (Å²) in [6, 6.07) is 3.87. The van der Waals surface area contributed by atoms with E-state index in [2.05, 4.69) is 0 Å². The molecule has 0 saturated carbocycles. The smallest absolute Gasteiger partial charge is 0.324 e. The van der Waals surface area contributed by atoms with Crippen molar-refractivity contribution in [2.75, 3.05) is 12.9 Å². The normalized spacial score (nSPS) is 23.1. The number of hydrogen-bond acceptors (Lipinski definition) is 4. The van der Waals surface area contributed by atoms with Crippen molar-refractivity contribution in [1.82, 2.24) is 0 Å². The summed E-state index contributed by atoms with van der Waals surface area (Å²) in [6.07, 6.45) is 0.817. The lowest BCUT2D eigenvalue weighted by Crippen LogP contribution is -2.50. The van der Waals surface area contributed by atoms with Crippen LogP contribution in [0.3, 0.4) is 0 Å². The molecule has 0 amide bonds. The Balaban J connectivity index is 2.51. The van der Waals surface area contributed by atoms with Crippen LogP contribution in [0.2, 0.25) is 0 Å². The van der Waals surface area contributed by atoms with Gasteiger partial charge in [0.05, 0.1) is 12.0 Å². The van der Waals surface area contributed by atoms with Crippen LogP contribution >= 0.6 is 11.8 Å². The molecule has 0 spiro atoms. The SMILES string of the molecule is COc1ccc(C)c2c1SCCC(N)(C(=O)O)C2. The van der Waals surface area contributed by atoms with Crippen molar-refractivity contribution in [3.63, 3.8) is 0 Å². The summed E-state index contributed by atoms with van der Waals surface area (Å²) in [5.74, 6) is 0.559. The molecule has 5 heteroatoms. The average molecular weight is 267 g/mol. The third-order valence-corrected chi connectivity index (χ3v) is 4.54. The molecule has 0 fully saturated rings. The predicted molar refractivity (Wildman–Crippen MR) is 71.3 cm³/mol. The topological polar surface area (TPSA) is 72.5 Å². The third-order valence-electron chi connectivity index (χ3n) is 3.39. The molecule has 1 atom stereocenters. The van der Waals surface area contributed by atoms with Crippen LogP contribution < -0.4 is 10.5 Å². The summed E-state index contributed by atoms with van der Waals surface area (Å²) >= 11 is 1.63. The Morgan fingerprint density at radius 2 is 2.28 bits per heavy atom. The van der Waals surface area contributed by atoms with Gasteiger partial charge in [0.15, 0.2) is 0 Å². The first-order valence-electron chi connectivity index (χ1n) is 5.79. The Morgan fingerprint density at radius 3 is 2.89 bits per heavy atom. The van der Waals surface area contributed by atoms with Crippen LogP contribution in [0, 0.1) is 6.92 Å². The summed E-state index contributed by atoms with van der Waals surface area (Å²) in [4.78, 5) is 12.4. The van der Waals surface area contributed by atoms with Gasteiger partial charge < -0.3 is 15.6 Å². The van der Waals surface area contributed by atoms with Gasteiger partial charge in [0, 0.05) is 12.2 Å². The summed E-state index contributed by atoms with van der Waals surface area (Å²) in [7, 11) is 1.63. The zero-order valence-electron chi connectivity index (χ0n) is 10.5. The van der Waals surface area contributed by atoms with Crippen molar-refractivity contribution in [3.8, 4) is 5.75 Å². The molecular weight excluding hydrogens is 250 g/mol. The fourth-order valence-electron chi connectivity index (χ4n) is 2.17. The number of nitrogens with two attached hydrogens (primary N) is 1. The number of carboxylic acids is 1. The van der Waals surface area contributed by atoms with Gasteiger partial charge in [-0.2, -0.15) is 0 Å². The largest absolute Gasteiger partial charge is 0.496 e. The molecule has 0 radical (unpaired) electrons. The second-order valence-electron chi connectivity index (χ2n) is 4.63. The fourth-order valence-corrected chi connectivity index (χ4v) is 3.54. The number of aliphatic carboxylic acids is 1. The number of thioether (sulfide) groups is 1. The van der Waals surface area contributed by atoms with E-state index in [9.17, 15) is 9.90 Å². The minimum atomic E-state index is -1.17. The monoisotopic (exact) mass is 267 g/mol. The maximum absolute atomic E-state index is 11.3. The number of benzene rings is 1. The molecule has 0 aromatic heterocycles. The molecule has 2 rings (SSSR count). The molecule has 1 aromatic rings. The lowest BCUT2D eigenvalue weighted by atomic mass is 9.87. The zero-order valence-corrected chi connectivity index (χ0v) is 11.3. The minimum Gasteiger partial charge on any atom is -0.496 e. The first kappa shape index (κ1) is 13.2. The maximum Gasteiger partial charge on any atom is 0.324 e. The lowest BCUT2D eigenvalue weighted by molar-refractivity contribution is -0.143. The lowest BCUT2D eigenvalue weighted by Gasteiger charge is -2.23. The summed E-state index contributed by atoms with van der Waals surface area (Å²) in [6.45, 7) is 1.98. The number of carboxylic acid groups (broad SMARTS) is 1. The van der Waals surface area contributed by atoms with Gasteiger partial charge in [0.2, 0.25) is 0 Å². The number of hydrogen-bond donors (Lipinski definition) is 2. The molecule has 0 aliphatic carbocycles. The van der Waals surface area contributed by atoms with E-state index in [4.69, 9.17) is 10.5 Å². The van der Waals surface area contributed by atoms with Gasteiger partial charge in [-0.3, -0.25) is 4.79 Å².